The Labute approximate surface area is 112 Å². The molecule has 0 radical (unpaired) electrons. The maximum absolute atomic E-state index is 13.2. The first-order valence-electron chi connectivity index (χ1n) is 6.58. The summed E-state index contributed by atoms with van der Waals surface area (Å²) in [5, 5.41) is 2.94. The molecule has 1 amide bonds. The molecule has 0 saturated carbocycles. The topological polar surface area (TPSA) is 58.4 Å². The van der Waals surface area contributed by atoms with E-state index in [0.717, 1.165) is 31.5 Å². The number of carbonyl (C=O) groups is 1. The summed E-state index contributed by atoms with van der Waals surface area (Å²) in [5.41, 5.74) is 7.31. The molecule has 5 heteroatoms. The predicted octanol–water partition coefficient (Wildman–Crippen LogP) is 1.51. The highest BCUT2D eigenvalue weighted by molar-refractivity contribution is 5.73. The lowest BCUT2D eigenvalue weighted by atomic mass is 10.0. The summed E-state index contributed by atoms with van der Waals surface area (Å²) < 4.78 is 13.2. The van der Waals surface area contributed by atoms with Crippen LogP contribution in [-0.2, 0) is 11.3 Å². The zero-order valence-electron chi connectivity index (χ0n) is 11.2. The van der Waals surface area contributed by atoms with Crippen LogP contribution < -0.4 is 11.1 Å². The van der Waals surface area contributed by atoms with Gasteiger partial charge in [-0.25, -0.2) is 4.39 Å². The SMILES string of the molecule is CC(=O)NC1CCN(Cc2cc(F)ccc2N)CC1. The van der Waals surface area contributed by atoms with Gasteiger partial charge in [0.1, 0.15) is 5.82 Å². The van der Waals surface area contributed by atoms with Gasteiger partial charge < -0.3 is 11.1 Å². The highest BCUT2D eigenvalue weighted by atomic mass is 19.1. The first kappa shape index (κ1) is 13.8. The number of likely N-dealkylation sites (tertiary alicyclic amines) is 1. The number of nitrogen functional groups attached to an aromatic ring is 1. The van der Waals surface area contributed by atoms with Crippen LogP contribution in [0.15, 0.2) is 18.2 Å². The Morgan fingerprint density at radius 2 is 2.16 bits per heavy atom. The molecule has 1 saturated heterocycles. The average Bonchev–Trinajstić information content (AvgIpc) is 2.35. The predicted molar refractivity (Wildman–Crippen MR) is 72.9 cm³/mol. The van der Waals surface area contributed by atoms with Gasteiger partial charge in [0, 0.05) is 38.3 Å². The molecule has 1 aromatic rings. The third-order valence-electron chi connectivity index (χ3n) is 3.49. The standard InChI is InChI=1S/C14H20FN3O/c1-10(19)17-13-4-6-18(7-5-13)9-11-8-12(15)2-3-14(11)16/h2-3,8,13H,4-7,9,16H2,1H3,(H,17,19). The van der Waals surface area contributed by atoms with E-state index in [2.05, 4.69) is 10.2 Å². The molecule has 0 atom stereocenters. The van der Waals surface area contributed by atoms with Gasteiger partial charge in [-0.2, -0.15) is 0 Å². The van der Waals surface area contributed by atoms with Crippen LogP contribution in [-0.4, -0.2) is 29.9 Å². The molecule has 0 unspecified atom stereocenters. The lowest BCUT2D eigenvalue weighted by Gasteiger charge is -2.32. The minimum Gasteiger partial charge on any atom is -0.398 e. The van der Waals surface area contributed by atoms with Crippen molar-refractivity contribution in [1.29, 1.82) is 0 Å². The number of piperidine rings is 1. The molecule has 0 bridgehead atoms. The van der Waals surface area contributed by atoms with Crippen LogP contribution in [0.2, 0.25) is 0 Å². The van der Waals surface area contributed by atoms with Crippen molar-refractivity contribution in [2.45, 2.75) is 32.4 Å². The normalized spacial score (nSPS) is 17.4. The van der Waals surface area contributed by atoms with Crippen LogP contribution in [0.25, 0.3) is 0 Å². The third-order valence-corrected chi connectivity index (χ3v) is 3.49. The van der Waals surface area contributed by atoms with Crippen LogP contribution in [0.1, 0.15) is 25.3 Å². The number of rotatable bonds is 3. The van der Waals surface area contributed by atoms with Crippen molar-refractivity contribution in [1.82, 2.24) is 10.2 Å². The summed E-state index contributed by atoms with van der Waals surface area (Å²) in [4.78, 5) is 13.2. The van der Waals surface area contributed by atoms with Crippen molar-refractivity contribution in [2.24, 2.45) is 0 Å². The molecule has 1 fully saturated rings. The minimum atomic E-state index is -0.252. The molecule has 0 spiro atoms. The Morgan fingerprint density at radius 3 is 2.79 bits per heavy atom. The Bertz CT molecular complexity index is 456. The van der Waals surface area contributed by atoms with Crippen molar-refractivity contribution < 1.29 is 9.18 Å². The van der Waals surface area contributed by atoms with E-state index in [1.807, 2.05) is 0 Å². The van der Waals surface area contributed by atoms with Gasteiger partial charge in [0.15, 0.2) is 0 Å². The van der Waals surface area contributed by atoms with E-state index in [4.69, 9.17) is 5.73 Å². The van der Waals surface area contributed by atoms with Crippen LogP contribution in [0.5, 0.6) is 0 Å². The number of amides is 1. The second-order valence-corrected chi connectivity index (χ2v) is 5.09. The summed E-state index contributed by atoms with van der Waals surface area (Å²) in [5.74, 6) is -0.231. The summed E-state index contributed by atoms with van der Waals surface area (Å²) in [6.07, 6.45) is 1.85. The second kappa shape index (κ2) is 6.02. The number of hydrogen-bond acceptors (Lipinski definition) is 3. The average molecular weight is 265 g/mol. The quantitative estimate of drug-likeness (QED) is 0.814. The van der Waals surface area contributed by atoms with Crippen molar-refractivity contribution in [3.8, 4) is 0 Å². The number of hydrogen-bond donors (Lipinski definition) is 2. The fourth-order valence-corrected chi connectivity index (χ4v) is 2.48. The van der Waals surface area contributed by atoms with Crippen LogP contribution in [0, 0.1) is 5.82 Å². The third kappa shape index (κ3) is 3.92. The van der Waals surface area contributed by atoms with E-state index in [1.54, 1.807) is 13.0 Å². The molecule has 1 aromatic carbocycles. The highest BCUT2D eigenvalue weighted by Gasteiger charge is 2.20. The molecular weight excluding hydrogens is 245 g/mol. The van der Waals surface area contributed by atoms with E-state index in [-0.39, 0.29) is 17.8 Å². The largest absolute Gasteiger partial charge is 0.398 e. The molecule has 104 valence electrons. The maximum atomic E-state index is 13.2. The maximum Gasteiger partial charge on any atom is 0.217 e. The van der Waals surface area contributed by atoms with Gasteiger partial charge in [-0.1, -0.05) is 0 Å². The van der Waals surface area contributed by atoms with E-state index in [1.165, 1.54) is 12.1 Å². The van der Waals surface area contributed by atoms with Gasteiger partial charge in [0.05, 0.1) is 0 Å². The molecule has 2 rings (SSSR count). The smallest absolute Gasteiger partial charge is 0.217 e. The van der Waals surface area contributed by atoms with Crippen molar-refractivity contribution >= 4 is 11.6 Å². The fourth-order valence-electron chi connectivity index (χ4n) is 2.48. The number of nitrogens with one attached hydrogen (secondary N) is 1. The van der Waals surface area contributed by atoms with E-state index in [9.17, 15) is 9.18 Å². The van der Waals surface area contributed by atoms with Gasteiger partial charge in [-0.15, -0.1) is 0 Å². The van der Waals surface area contributed by atoms with E-state index in [0.29, 0.717) is 12.2 Å². The first-order valence-corrected chi connectivity index (χ1v) is 6.58. The Morgan fingerprint density at radius 1 is 1.47 bits per heavy atom. The highest BCUT2D eigenvalue weighted by Crippen LogP contribution is 2.18. The van der Waals surface area contributed by atoms with Crippen LogP contribution in [0.4, 0.5) is 10.1 Å². The first-order chi connectivity index (χ1) is 9.04. The van der Waals surface area contributed by atoms with Gasteiger partial charge in [-0.3, -0.25) is 9.69 Å². The van der Waals surface area contributed by atoms with Crippen LogP contribution in [0.3, 0.4) is 0 Å². The van der Waals surface area contributed by atoms with Gasteiger partial charge in [-0.05, 0) is 36.6 Å². The molecule has 1 heterocycles. The molecule has 1 aliphatic heterocycles. The van der Waals surface area contributed by atoms with Gasteiger partial charge in [0.25, 0.3) is 0 Å². The summed E-state index contributed by atoms with van der Waals surface area (Å²) in [7, 11) is 0. The number of benzene rings is 1. The number of anilines is 1. The molecule has 0 aromatic heterocycles. The van der Waals surface area contributed by atoms with Crippen LogP contribution >= 0.6 is 0 Å². The molecule has 1 aliphatic rings. The molecule has 4 nitrogen and oxygen atoms in total. The zero-order valence-corrected chi connectivity index (χ0v) is 11.2. The Balaban J connectivity index is 1.88. The summed E-state index contributed by atoms with van der Waals surface area (Å²) in [6.45, 7) is 3.98. The van der Waals surface area contributed by atoms with Crippen molar-refractivity contribution in [3.05, 3.63) is 29.6 Å². The number of carbonyl (C=O) groups excluding carboxylic acids is 1. The van der Waals surface area contributed by atoms with E-state index >= 15 is 0 Å². The number of nitrogens with zero attached hydrogens (tertiary/aromatic N) is 1. The lowest BCUT2D eigenvalue weighted by molar-refractivity contribution is -0.119. The van der Waals surface area contributed by atoms with Crippen molar-refractivity contribution in [2.75, 3.05) is 18.8 Å². The van der Waals surface area contributed by atoms with E-state index < -0.39 is 0 Å². The van der Waals surface area contributed by atoms with Gasteiger partial charge in [0.2, 0.25) is 5.91 Å². The minimum absolute atomic E-state index is 0.0211. The van der Waals surface area contributed by atoms with Crippen molar-refractivity contribution in [3.63, 3.8) is 0 Å². The second-order valence-electron chi connectivity index (χ2n) is 5.09. The zero-order chi connectivity index (χ0) is 13.8. The molecule has 0 aliphatic carbocycles. The fraction of sp³-hybridized carbons (Fsp3) is 0.500. The summed E-state index contributed by atoms with van der Waals surface area (Å²) in [6, 6.07) is 4.74. The lowest BCUT2D eigenvalue weighted by Crippen LogP contribution is -2.43. The monoisotopic (exact) mass is 265 g/mol. The van der Waals surface area contributed by atoms with Gasteiger partial charge >= 0.3 is 0 Å². The molecule has 3 N–H and O–H groups in total. The Kier molecular flexibility index (Phi) is 4.37. The Hall–Kier alpha value is -1.62. The number of halogens is 1. The summed E-state index contributed by atoms with van der Waals surface area (Å²) >= 11 is 0. The molecule has 19 heavy (non-hydrogen) atoms. The number of nitrogens with two attached hydrogens (primary N) is 1. The molecular formula is C14H20FN3O.